The Labute approximate surface area is 127 Å². The number of halogens is 1. The van der Waals surface area contributed by atoms with E-state index in [4.69, 9.17) is 11.0 Å². The first kappa shape index (κ1) is 15.5. The molecule has 0 spiro atoms. The largest absolute Gasteiger partial charge is 0.324 e. The van der Waals surface area contributed by atoms with Crippen molar-refractivity contribution in [1.29, 1.82) is 5.26 Å². The van der Waals surface area contributed by atoms with Gasteiger partial charge < -0.3 is 10.3 Å². The molecule has 0 saturated carbocycles. The molecule has 0 bridgehead atoms. The van der Waals surface area contributed by atoms with E-state index in [2.05, 4.69) is 17.1 Å². The van der Waals surface area contributed by atoms with Gasteiger partial charge in [-0.2, -0.15) is 5.26 Å². The molecular weight excluding hydrogens is 289 g/mol. The van der Waals surface area contributed by atoms with Crippen LogP contribution in [0.3, 0.4) is 0 Å². The van der Waals surface area contributed by atoms with Crippen LogP contribution in [0.4, 0.5) is 4.39 Å². The van der Waals surface area contributed by atoms with Crippen molar-refractivity contribution in [3.8, 4) is 6.07 Å². The second-order valence-corrected chi connectivity index (χ2v) is 5.40. The number of thioether (sulfide) groups is 1. The van der Waals surface area contributed by atoms with Gasteiger partial charge in [-0.25, -0.2) is 4.39 Å². The Hall–Kier alpha value is -1.91. The number of nitrogens with zero attached hydrogens (tertiary/aromatic N) is 4. The molecule has 0 fully saturated rings. The maximum atomic E-state index is 13.7. The molecule has 7 heteroatoms. The van der Waals surface area contributed by atoms with Crippen LogP contribution in [-0.2, 0) is 18.8 Å². The first-order valence-electron chi connectivity index (χ1n) is 6.63. The van der Waals surface area contributed by atoms with E-state index in [1.54, 1.807) is 6.07 Å². The molecule has 0 radical (unpaired) electrons. The van der Waals surface area contributed by atoms with Crippen LogP contribution >= 0.6 is 11.8 Å². The Morgan fingerprint density at radius 3 is 2.90 bits per heavy atom. The van der Waals surface area contributed by atoms with E-state index in [1.165, 1.54) is 23.9 Å². The van der Waals surface area contributed by atoms with Crippen molar-refractivity contribution >= 4 is 11.8 Å². The number of nitrogens with two attached hydrogens (primary N) is 1. The Bertz CT molecular complexity index is 662. The van der Waals surface area contributed by atoms with Gasteiger partial charge in [-0.3, -0.25) is 0 Å². The predicted octanol–water partition coefficient (Wildman–Crippen LogP) is 2.45. The monoisotopic (exact) mass is 305 g/mol. The van der Waals surface area contributed by atoms with E-state index in [0.29, 0.717) is 23.4 Å². The zero-order valence-electron chi connectivity index (χ0n) is 11.7. The van der Waals surface area contributed by atoms with Crippen LogP contribution in [0.1, 0.15) is 30.3 Å². The number of nitriles is 1. The molecule has 0 aliphatic rings. The molecule has 21 heavy (non-hydrogen) atoms. The van der Waals surface area contributed by atoms with Crippen molar-refractivity contribution in [2.75, 3.05) is 0 Å². The molecule has 2 aromatic rings. The first-order chi connectivity index (χ1) is 10.2. The minimum Gasteiger partial charge on any atom is -0.324 e. The molecule has 0 saturated heterocycles. The molecule has 1 aromatic heterocycles. The molecule has 1 aromatic carbocycles. The number of benzene rings is 1. The van der Waals surface area contributed by atoms with Gasteiger partial charge in [-0.1, -0.05) is 18.7 Å². The van der Waals surface area contributed by atoms with Crippen LogP contribution in [0.2, 0.25) is 0 Å². The highest BCUT2D eigenvalue weighted by atomic mass is 32.2. The number of hydrogen-bond acceptors (Lipinski definition) is 5. The van der Waals surface area contributed by atoms with Gasteiger partial charge in [-0.15, -0.1) is 10.2 Å². The van der Waals surface area contributed by atoms with Crippen LogP contribution in [0.25, 0.3) is 0 Å². The van der Waals surface area contributed by atoms with Crippen molar-refractivity contribution in [3.63, 3.8) is 0 Å². The normalized spacial score (nSPS) is 10.6. The second kappa shape index (κ2) is 7.20. The summed E-state index contributed by atoms with van der Waals surface area (Å²) in [4.78, 5) is 0. The Balaban J connectivity index is 2.17. The van der Waals surface area contributed by atoms with Gasteiger partial charge in [0, 0.05) is 12.3 Å². The summed E-state index contributed by atoms with van der Waals surface area (Å²) < 4.78 is 15.7. The van der Waals surface area contributed by atoms with Gasteiger partial charge in [0.05, 0.1) is 18.2 Å². The third-order valence-corrected chi connectivity index (χ3v) is 3.97. The fraction of sp³-hybridized carbons (Fsp3) is 0.357. The van der Waals surface area contributed by atoms with Crippen molar-refractivity contribution in [1.82, 2.24) is 14.8 Å². The molecule has 1 heterocycles. The van der Waals surface area contributed by atoms with Crippen LogP contribution in [0, 0.1) is 17.1 Å². The van der Waals surface area contributed by atoms with Crippen molar-refractivity contribution in [2.45, 2.75) is 37.3 Å². The van der Waals surface area contributed by atoms with Gasteiger partial charge >= 0.3 is 0 Å². The molecular formula is C14H16FN5S. The van der Waals surface area contributed by atoms with Crippen LogP contribution in [0.5, 0.6) is 0 Å². The van der Waals surface area contributed by atoms with E-state index in [-0.39, 0.29) is 5.82 Å². The molecule has 110 valence electrons. The highest BCUT2D eigenvalue weighted by molar-refractivity contribution is 7.98. The average Bonchev–Trinajstić information content (AvgIpc) is 2.89. The third kappa shape index (κ3) is 3.60. The SMILES string of the molecule is CCCn1c(CN)nnc1SCc1cc(C#N)ccc1F. The quantitative estimate of drug-likeness (QED) is 0.829. The van der Waals surface area contributed by atoms with Gasteiger partial charge in [0.2, 0.25) is 0 Å². The molecule has 5 nitrogen and oxygen atoms in total. The van der Waals surface area contributed by atoms with Crippen LogP contribution in [-0.4, -0.2) is 14.8 Å². The van der Waals surface area contributed by atoms with E-state index < -0.39 is 0 Å². The third-order valence-electron chi connectivity index (χ3n) is 2.95. The van der Waals surface area contributed by atoms with E-state index in [9.17, 15) is 4.39 Å². The lowest BCUT2D eigenvalue weighted by molar-refractivity contribution is 0.591. The maximum Gasteiger partial charge on any atom is 0.191 e. The molecule has 2 rings (SSSR count). The van der Waals surface area contributed by atoms with Gasteiger partial charge in [-0.05, 0) is 30.2 Å². The number of aromatic nitrogens is 3. The second-order valence-electron chi connectivity index (χ2n) is 4.46. The minimum atomic E-state index is -0.317. The minimum absolute atomic E-state index is 0.317. The Kier molecular flexibility index (Phi) is 5.31. The van der Waals surface area contributed by atoms with Gasteiger partial charge in [0.15, 0.2) is 5.16 Å². The van der Waals surface area contributed by atoms with E-state index >= 15 is 0 Å². The lowest BCUT2D eigenvalue weighted by atomic mass is 10.1. The summed E-state index contributed by atoms with van der Waals surface area (Å²) in [7, 11) is 0. The lowest BCUT2D eigenvalue weighted by Gasteiger charge is -2.08. The Morgan fingerprint density at radius 1 is 1.43 bits per heavy atom. The van der Waals surface area contributed by atoms with Crippen LogP contribution in [0.15, 0.2) is 23.4 Å². The maximum absolute atomic E-state index is 13.7. The molecule has 0 aliphatic heterocycles. The first-order valence-corrected chi connectivity index (χ1v) is 7.61. The summed E-state index contributed by atoms with van der Waals surface area (Å²) in [6.07, 6.45) is 0.941. The number of hydrogen-bond donors (Lipinski definition) is 1. The zero-order valence-corrected chi connectivity index (χ0v) is 12.5. The molecule has 0 amide bonds. The van der Waals surface area contributed by atoms with Crippen LogP contribution < -0.4 is 5.73 Å². The zero-order chi connectivity index (χ0) is 15.2. The number of rotatable bonds is 6. The van der Waals surface area contributed by atoms with Gasteiger partial charge in [0.1, 0.15) is 11.6 Å². The summed E-state index contributed by atoms with van der Waals surface area (Å²) >= 11 is 1.39. The smallest absolute Gasteiger partial charge is 0.191 e. The standard InChI is InChI=1S/C14H16FN5S/c1-2-5-20-13(8-17)18-19-14(20)21-9-11-6-10(7-16)3-4-12(11)15/h3-4,6H,2,5,8-9,17H2,1H3. The Morgan fingerprint density at radius 2 is 2.24 bits per heavy atom. The summed E-state index contributed by atoms with van der Waals surface area (Å²) in [6, 6.07) is 6.36. The summed E-state index contributed by atoms with van der Waals surface area (Å²) in [5.74, 6) is 0.807. The highest BCUT2D eigenvalue weighted by Gasteiger charge is 2.12. The average molecular weight is 305 g/mol. The van der Waals surface area contributed by atoms with Gasteiger partial charge in [0.25, 0.3) is 0 Å². The molecule has 0 unspecified atom stereocenters. The summed E-state index contributed by atoms with van der Waals surface area (Å²) in [6.45, 7) is 3.17. The summed E-state index contributed by atoms with van der Waals surface area (Å²) in [5, 5.41) is 17.7. The van der Waals surface area contributed by atoms with E-state index in [0.717, 1.165) is 23.9 Å². The van der Waals surface area contributed by atoms with Crippen molar-refractivity contribution < 1.29 is 4.39 Å². The molecule has 0 atom stereocenters. The molecule has 0 aliphatic carbocycles. The van der Waals surface area contributed by atoms with Crippen molar-refractivity contribution in [3.05, 3.63) is 41.0 Å². The van der Waals surface area contributed by atoms with E-state index in [1.807, 2.05) is 10.6 Å². The van der Waals surface area contributed by atoms with Crippen molar-refractivity contribution in [2.24, 2.45) is 5.73 Å². The fourth-order valence-corrected chi connectivity index (χ4v) is 2.88. The highest BCUT2D eigenvalue weighted by Crippen LogP contribution is 2.24. The topological polar surface area (TPSA) is 80.5 Å². The summed E-state index contributed by atoms with van der Waals surface area (Å²) in [5.41, 5.74) is 6.57. The predicted molar refractivity (Wildman–Crippen MR) is 78.9 cm³/mol. The lowest BCUT2D eigenvalue weighted by Crippen LogP contribution is -2.09. The fourth-order valence-electron chi connectivity index (χ4n) is 1.92. The molecule has 2 N–H and O–H groups in total.